The summed E-state index contributed by atoms with van der Waals surface area (Å²) < 4.78 is 4.93. The molecule has 2 nitrogen and oxygen atoms in total. The minimum Gasteiger partial charge on any atom is -0.309 e. The van der Waals surface area contributed by atoms with E-state index >= 15 is 0 Å². The second-order valence-electron chi connectivity index (χ2n) is 13.8. The van der Waals surface area contributed by atoms with Crippen LogP contribution in [0.4, 0.5) is 0 Å². The summed E-state index contributed by atoms with van der Waals surface area (Å²) in [6.45, 7) is 0. The molecule has 0 fully saturated rings. The van der Waals surface area contributed by atoms with Crippen LogP contribution < -0.4 is 0 Å². The third kappa shape index (κ3) is 4.31. The van der Waals surface area contributed by atoms with Gasteiger partial charge >= 0.3 is 0 Å². The normalized spacial score (nSPS) is 11.8. The van der Waals surface area contributed by atoms with Crippen molar-refractivity contribution in [3.63, 3.8) is 0 Å². The highest BCUT2D eigenvalue weighted by molar-refractivity contribution is 6.21. The number of hydrogen-bond acceptors (Lipinski definition) is 0. The molecule has 0 radical (unpaired) electrons. The van der Waals surface area contributed by atoms with Crippen molar-refractivity contribution in [2.45, 2.75) is 0 Å². The van der Waals surface area contributed by atoms with Crippen LogP contribution in [0.2, 0.25) is 0 Å². The van der Waals surface area contributed by atoms with Crippen LogP contribution in [-0.4, -0.2) is 9.13 Å². The van der Waals surface area contributed by atoms with Crippen molar-refractivity contribution < 1.29 is 0 Å². The van der Waals surface area contributed by atoms with Crippen molar-refractivity contribution >= 4 is 65.2 Å². The highest BCUT2D eigenvalue weighted by Crippen LogP contribution is 2.44. The number of rotatable bonds is 4. The second-order valence-corrected chi connectivity index (χ2v) is 13.8. The number of para-hydroxylation sites is 2. The largest absolute Gasteiger partial charge is 0.309 e. The van der Waals surface area contributed by atoms with E-state index in [1.165, 1.54) is 87.4 Å². The van der Waals surface area contributed by atoms with Gasteiger partial charge in [0, 0.05) is 38.5 Å². The Morgan fingerprint density at radius 2 is 0.827 bits per heavy atom. The Balaban J connectivity index is 1.22. The van der Waals surface area contributed by atoms with E-state index in [1.54, 1.807) is 0 Å². The standard InChI is InChI=1S/C50H32N2/c1-2-12-33(13-3-1)35-24-26-39(27-25-35)51-46-20-10-8-18-42(46)44-29-28-40(32-48(44)51)52-47-21-11-9-19-43(47)45-31-37-16-6-7-17-41(37)49(50(45)52)38-23-22-34-14-4-5-15-36(34)30-38/h1-32H. The molecule has 9 aromatic carbocycles. The summed E-state index contributed by atoms with van der Waals surface area (Å²) in [5.41, 5.74) is 12.0. The van der Waals surface area contributed by atoms with Crippen LogP contribution in [0.5, 0.6) is 0 Å². The molecule has 0 aliphatic heterocycles. The predicted molar refractivity (Wildman–Crippen MR) is 221 cm³/mol. The fraction of sp³-hybridized carbons (Fsp3) is 0. The van der Waals surface area contributed by atoms with Crippen LogP contribution in [0.1, 0.15) is 0 Å². The first kappa shape index (κ1) is 28.9. The summed E-state index contributed by atoms with van der Waals surface area (Å²) in [4.78, 5) is 0. The lowest BCUT2D eigenvalue weighted by Crippen LogP contribution is -1.98. The van der Waals surface area contributed by atoms with Crippen molar-refractivity contribution in [3.8, 4) is 33.6 Å². The Morgan fingerprint density at radius 3 is 1.62 bits per heavy atom. The third-order valence-electron chi connectivity index (χ3n) is 10.9. The molecule has 52 heavy (non-hydrogen) atoms. The number of hydrogen-bond donors (Lipinski definition) is 0. The van der Waals surface area contributed by atoms with E-state index in [9.17, 15) is 0 Å². The first-order valence-electron chi connectivity index (χ1n) is 17.9. The third-order valence-corrected chi connectivity index (χ3v) is 10.9. The zero-order valence-corrected chi connectivity index (χ0v) is 28.4. The van der Waals surface area contributed by atoms with Crippen molar-refractivity contribution in [2.24, 2.45) is 0 Å². The summed E-state index contributed by atoms with van der Waals surface area (Å²) in [5, 5.41) is 10.00. The van der Waals surface area contributed by atoms with Gasteiger partial charge in [-0.1, -0.05) is 146 Å². The Labute approximate surface area is 301 Å². The molecule has 0 atom stereocenters. The smallest absolute Gasteiger partial charge is 0.0625 e. The first-order chi connectivity index (χ1) is 25.8. The Bertz CT molecular complexity index is 3160. The minimum atomic E-state index is 1.14. The van der Waals surface area contributed by atoms with E-state index < -0.39 is 0 Å². The van der Waals surface area contributed by atoms with E-state index in [0.717, 1.165) is 11.4 Å². The molecule has 0 aliphatic rings. The van der Waals surface area contributed by atoms with Gasteiger partial charge in [0.15, 0.2) is 0 Å². The quantitative estimate of drug-likeness (QED) is 0.178. The Hall–Kier alpha value is -6.90. The van der Waals surface area contributed by atoms with Crippen LogP contribution in [-0.2, 0) is 0 Å². The van der Waals surface area contributed by atoms with Crippen LogP contribution >= 0.6 is 0 Å². The molecule has 2 heterocycles. The second kappa shape index (κ2) is 11.3. The number of nitrogens with zero attached hydrogens (tertiary/aromatic N) is 2. The van der Waals surface area contributed by atoms with Gasteiger partial charge < -0.3 is 9.13 Å². The summed E-state index contributed by atoms with van der Waals surface area (Å²) in [6.07, 6.45) is 0. The average Bonchev–Trinajstić information content (AvgIpc) is 3.72. The lowest BCUT2D eigenvalue weighted by atomic mass is 9.93. The van der Waals surface area contributed by atoms with Gasteiger partial charge in [-0.2, -0.15) is 0 Å². The van der Waals surface area contributed by atoms with E-state index in [-0.39, 0.29) is 0 Å². The number of fused-ring (bicyclic) bond motifs is 8. The summed E-state index contributed by atoms with van der Waals surface area (Å²) in [6, 6.07) is 71.1. The SMILES string of the molecule is c1ccc(-c2ccc(-n3c4ccccc4c4ccc(-n5c6ccccc6c6cc7ccccc7c(-c7ccc8ccccc8c7)c65)cc43)cc2)cc1. The monoisotopic (exact) mass is 660 g/mol. The zero-order chi connectivity index (χ0) is 34.2. The molecule has 2 aromatic heterocycles. The van der Waals surface area contributed by atoms with Crippen LogP contribution in [0.3, 0.4) is 0 Å². The highest BCUT2D eigenvalue weighted by atomic mass is 15.0. The fourth-order valence-corrected chi connectivity index (χ4v) is 8.51. The van der Waals surface area contributed by atoms with Crippen molar-refractivity contribution in [1.29, 1.82) is 0 Å². The first-order valence-corrected chi connectivity index (χ1v) is 17.9. The molecule has 11 aromatic rings. The van der Waals surface area contributed by atoms with Crippen molar-refractivity contribution in [3.05, 3.63) is 194 Å². The molecular formula is C50H32N2. The zero-order valence-electron chi connectivity index (χ0n) is 28.4. The van der Waals surface area contributed by atoms with E-state index in [2.05, 4.69) is 203 Å². The van der Waals surface area contributed by atoms with Crippen molar-refractivity contribution in [2.75, 3.05) is 0 Å². The molecule has 0 unspecified atom stereocenters. The van der Waals surface area contributed by atoms with Gasteiger partial charge in [-0.15, -0.1) is 0 Å². The van der Waals surface area contributed by atoms with Crippen LogP contribution in [0.25, 0.3) is 98.8 Å². The predicted octanol–water partition coefficient (Wildman–Crippen LogP) is 13.5. The molecule has 0 aliphatic carbocycles. The lowest BCUT2D eigenvalue weighted by molar-refractivity contribution is 1.16. The van der Waals surface area contributed by atoms with Gasteiger partial charge in [0.1, 0.15) is 0 Å². The molecule has 0 saturated carbocycles. The Kier molecular flexibility index (Phi) is 6.28. The van der Waals surface area contributed by atoms with Gasteiger partial charge in [-0.05, 0) is 86.8 Å². The van der Waals surface area contributed by atoms with Gasteiger partial charge in [0.25, 0.3) is 0 Å². The van der Waals surface area contributed by atoms with E-state index in [1.807, 2.05) is 0 Å². The number of aromatic nitrogens is 2. The molecule has 11 rings (SSSR count). The van der Waals surface area contributed by atoms with E-state index in [0.29, 0.717) is 0 Å². The van der Waals surface area contributed by atoms with Crippen LogP contribution in [0, 0.1) is 0 Å². The maximum Gasteiger partial charge on any atom is 0.0625 e. The lowest BCUT2D eigenvalue weighted by Gasteiger charge is -2.16. The molecule has 0 amide bonds. The molecular weight excluding hydrogens is 629 g/mol. The molecule has 242 valence electrons. The molecule has 0 N–H and O–H groups in total. The van der Waals surface area contributed by atoms with Gasteiger partial charge in [0.2, 0.25) is 0 Å². The van der Waals surface area contributed by atoms with Crippen LogP contribution in [0.15, 0.2) is 194 Å². The summed E-state index contributed by atoms with van der Waals surface area (Å²) >= 11 is 0. The molecule has 0 spiro atoms. The van der Waals surface area contributed by atoms with E-state index in [4.69, 9.17) is 0 Å². The van der Waals surface area contributed by atoms with Crippen molar-refractivity contribution in [1.82, 2.24) is 9.13 Å². The summed E-state index contributed by atoms with van der Waals surface area (Å²) in [5.74, 6) is 0. The minimum absolute atomic E-state index is 1.14. The fourth-order valence-electron chi connectivity index (χ4n) is 8.51. The maximum absolute atomic E-state index is 2.50. The van der Waals surface area contributed by atoms with Gasteiger partial charge in [-0.25, -0.2) is 0 Å². The molecule has 0 saturated heterocycles. The van der Waals surface area contributed by atoms with Gasteiger partial charge in [-0.3, -0.25) is 0 Å². The number of benzene rings is 9. The summed E-state index contributed by atoms with van der Waals surface area (Å²) in [7, 11) is 0. The molecule has 0 bridgehead atoms. The highest BCUT2D eigenvalue weighted by Gasteiger charge is 2.21. The Morgan fingerprint density at radius 1 is 0.269 bits per heavy atom. The topological polar surface area (TPSA) is 9.86 Å². The maximum atomic E-state index is 2.50. The average molecular weight is 661 g/mol. The molecule has 2 heteroatoms. The van der Waals surface area contributed by atoms with Gasteiger partial charge in [0.05, 0.1) is 22.1 Å².